The molecule has 0 atom stereocenters. The summed E-state index contributed by atoms with van der Waals surface area (Å²) in [6.45, 7) is 3.19. The van der Waals surface area contributed by atoms with E-state index in [1.54, 1.807) is 26.4 Å². The first kappa shape index (κ1) is 20.2. The van der Waals surface area contributed by atoms with Crippen molar-refractivity contribution in [2.75, 3.05) is 40.5 Å². The Morgan fingerprint density at radius 1 is 1.35 bits per heavy atom. The van der Waals surface area contributed by atoms with Gasteiger partial charge in [-0.15, -0.1) is 12.4 Å². The first-order chi connectivity index (χ1) is 10.6. The molecule has 0 saturated carbocycles. The number of carbonyl (C=O) groups excluding carboxylic acids is 1. The zero-order chi connectivity index (χ0) is 16.0. The predicted molar refractivity (Wildman–Crippen MR) is 96.7 cm³/mol. The molecule has 0 aliphatic carbocycles. The van der Waals surface area contributed by atoms with Crippen molar-refractivity contribution < 1.29 is 14.3 Å². The zero-order valence-corrected chi connectivity index (χ0v) is 15.9. The van der Waals surface area contributed by atoms with E-state index < -0.39 is 0 Å². The van der Waals surface area contributed by atoms with E-state index in [1.165, 1.54) is 0 Å². The summed E-state index contributed by atoms with van der Waals surface area (Å²) in [6, 6.07) is 5.40. The number of benzene rings is 1. The van der Waals surface area contributed by atoms with Crippen molar-refractivity contribution in [1.82, 2.24) is 10.6 Å². The molecule has 0 radical (unpaired) electrons. The lowest BCUT2D eigenvalue weighted by Crippen LogP contribution is -2.47. The SMILES string of the molecule is COCC1(CNC(=O)c2ccc(Br)cc2OC)CCNCC1.Cl. The molecule has 0 aromatic heterocycles. The lowest BCUT2D eigenvalue weighted by atomic mass is 9.79. The van der Waals surface area contributed by atoms with Gasteiger partial charge < -0.3 is 20.1 Å². The van der Waals surface area contributed by atoms with Crippen LogP contribution in [0.1, 0.15) is 23.2 Å². The van der Waals surface area contributed by atoms with Gasteiger partial charge in [-0.1, -0.05) is 15.9 Å². The maximum absolute atomic E-state index is 12.5. The Morgan fingerprint density at radius 3 is 2.65 bits per heavy atom. The highest BCUT2D eigenvalue weighted by Gasteiger charge is 2.32. The summed E-state index contributed by atoms with van der Waals surface area (Å²) in [7, 11) is 3.28. The summed E-state index contributed by atoms with van der Waals surface area (Å²) in [6.07, 6.45) is 2.00. The van der Waals surface area contributed by atoms with Crippen molar-refractivity contribution in [3.05, 3.63) is 28.2 Å². The van der Waals surface area contributed by atoms with Crippen LogP contribution in [0.4, 0.5) is 0 Å². The lowest BCUT2D eigenvalue weighted by molar-refractivity contribution is 0.0511. The summed E-state index contributed by atoms with van der Waals surface area (Å²) in [5.74, 6) is 0.455. The molecule has 0 unspecified atom stereocenters. The van der Waals surface area contributed by atoms with Crippen molar-refractivity contribution in [2.45, 2.75) is 12.8 Å². The van der Waals surface area contributed by atoms with Gasteiger partial charge in [0.05, 0.1) is 19.3 Å². The number of carbonyl (C=O) groups is 1. The molecule has 2 N–H and O–H groups in total. The molecule has 1 heterocycles. The van der Waals surface area contributed by atoms with Crippen LogP contribution in [-0.4, -0.2) is 46.4 Å². The Labute approximate surface area is 152 Å². The van der Waals surface area contributed by atoms with Crippen molar-refractivity contribution in [1.29, 1.82) is 0 Å². The van der Waals surface area contributed by atoms with Crippen molar-refractivity contribution >= 4 is 34.2 Å². The molecule has 7 heteroatoms. The second-order valence-corrected chi connectivity index (χ2v) is 6.63. The first-order valence-corrected chi connectivity index (χ1v) is 8.21. The molecule has 1 aromatic carbocycles. The third kappa shape index (κ3) is 5.35. The Kier molecular flexibility index (Phi) is 8.33. The quantitative estimate of drug-likeness (QED) is 0.761. The van der Waals surface area contributed by atoms with E-state index in [9.17, 15) is 4.79 Å². The van der Waals surface area contributed by atoms with E-state index in [4.69, 9.17) is 9.47 Å². The average molecular weight is 408 g/mol. The molecule has 1 aliphatic heterocycles. The molecule has 1 saturated heterocycles. The van der Waals surface area contributed by atoms with Crippen LogP contribution in [0.3, 0.4) is 0 Å². The number of methoxy groups -OCH3 is 2. The molecule has 5 nitrogen and oxygen atoms in total. The van der Waals surface area contributed by atoms with Crippen LogP contribution in [0.25, 0.3) is 0 Å². The van der Waals surface area contributed by atoms with Gasteiger partial charge >= 0.3 is 0 Å². The Hall–Kier alpha value is -0.820. The minimum atomic E-state index is -0.113. The van der Waals surface area contributed by atoms with Crippen molar-refractivity contribution in [2.24, 2.45) is 5.41 Å². The van der Waals surface area contributed by atoms with Crippen LogP contribution in [0.15, 0.2) is 22.7 Å². The third-order valence-corrected chi connectivity index (χ3v) is 4.64. The van der Waals surface area contributed by atoms with Gasteiger partial charge in [0, 0.05) is 23.5 Å². The number of rotatable bonds is 6. The molecule has 1 aromatic rings. The summed E-state index contributed by atoms with van der Waals surface area (Å²) in [4.78, 5) is 12.5. The highest BCUT2D eigenvalue weighted by atomic mass is 79.9. The fraction of sp³-hybridized carbons (Fsp3) is 0.562. The summed E-state index contributed by atoms with van der Waals surface area (Å²) >= 11 is 3.38. The molecule has 0 bridgehead atoms. The second kappa shape index (κ2) is 9.47. The molecule has 2 rings (SSSR count). The Morgan fingerprint density at radius 2 is 2.04 bits per heavy atom. The van der Waals surface area contributed by atoms with E-state index in [0.717, 1.165) is 30.4 Å². The fourth-order valence-corrected chi connectivity index (χ4v) is 3.19. The predicted octanol–water partition coefficient (Wildman–Crippen LogP) is 2.63. The summed E-state index contributed by atoms with van der Waals surface area (Å²) in [5, 5.41) is 6.39. The van der Waals surface area contributed by atoms with Gasteiger partial charge in [-0.25, -0.2) is 0 Å². The van der Waals surface area contributed by atoms with Gasteiger partial charge in [-0.3, -0.25) is 4.79 Å². The number of piperidine rings is 1. The highest BCUT2D eigenvalue weighted by molar-refractivity contribution is 9.10. The third-order valence-electron chi connectivity index (χ3n) is 4.15. The second-order valence-electron chi connectivity index (χ2n) is 5.71. The number of nitrogens with one attached hydrogen (secondary N) is 2. The van der Waals surface area contributed by atoms with Crippen molar-refractivity contribution in [3.63, 3.8) is 0 Å². The Bertz CT molecular complexity index is 517. The van der Waals surface area contributed by atoms with Crippen molar-refractivity contribution in [3.8, 4) is 5.75 Å². The molecule has 1 amide bonds. The van der Waals surface area contributed by atoms with Crippen LogP contribution >= 0.6 is 28.3 Å². The minimum Gasteiger partial charge on any atom is -0.496 e. The fourth-order valence-electron chi connectivity index (χ4n) is 2.85. The molecule has 130 valence electrons. The van der Waals surface area contributed by atoms with E-state index in [0.29, 0.717) is 24.5 Å². The molecular weight excluding hydrogens is 384 g/mol. The van der Waals surface area contributed by atoms with Gasteiger partial charge in [-0.2, -0.15) is 0 Å². The number of hydrogen-bond donors (Lipinski definition) is 2. The van der Waals surface area contributed by atoms with E-state index >= 15 is 0 Å². The highest BCUT2D eigenvalue weighted by Crippen LogP contribution is 2.29. The van der Waals surface area contributed by atoms with Crippen LogP contribution in [-0.2, 0) is 4.74 Å². The van der Waals surface area contributed by atoms with Gasteiger partial charge in [0.15, 0.2) is 0 Å². The maximum atomic E-state index is 12.5. The molecule has 23 heavy (non-hydrogen) atoms. The molecular formula is C16H24BrClN2O3. The summed E-state index contributed by atoms with van der Waals surface area (Å²) < 4.78 is 11.5. The Balaban J connectivity index is 0.00000264. The topological polar surface area (TPSA) is 59.6 Å². The maximum Gasteiger partial charge on any atom is 0.255 e. The van der Waals surface area contributed by atoms with Gasteiger partial charge in [0.2, 0.25) is 0 Å². The normalized spacial score (nSPS) is 16.3. The van der Waals surface area contributed by atoms with Gasteiger partial charge in [-0.05, 0) is 44.1 Å². The van der Waals surface area contributed by atoms with Crippen LogP contribution in [0.5, 0.6) is 5.75 Å². The summed E-state index contributed by atoms with van der Waals surface area (Å²) in [5.41, 5.74) is 0.560. The average Bonchev–Trinajstić information content (AvgIpc) is 2.53. The number of amides is 1. The number of halogens is 2. The molecule has 1 fully saturated rings. The van der Waals surface area contributed by atoms with E-state index in [2.05, 4.69) is 26.6 Å². The number of ether oxygens (including phenoxy) is 2. The monoisotopic (exact) mass is 406 g/mol. The van der Waals surface area contributed by atoms with E-state index in [-0.39, 0.29) is 23.7 Å². The first-order valence-electron chi connectivity index (χ1n) is 7.42. The van der Waals surface area contributed by atoms with Gasteiger partial charge in [0.1, 0.15) is 5.75 Å². The van der Waals surface area contributed by atoms with Crippen LogP contribution < -0.4 is 15.4 Å². The van der Waals surface area contributed by atoms with E-state index in [1.807, 2.05) is 6.07 Å². The largest absolute Gasteiger partial charge is 0.496 e. The molecule has 1 aliphatic rings. The smallest absolute Gasteiger partial charge is 0.255 e. The standard InChI is InChI=1S/C16H23BrN2O3.ClH/c1-21-11-16(5-7-18-8-6-16)10-19-15(20)13-4-3-12(17)9-14(13)22-2;/h3-4,9,18H,5-8,10-11H2,1-2H3,(H,19,20);1H. The van der Waals surface area contributed by atoms with Gasteiger partial charge in [0.25, 0.3) is 5.91 Å². The molecule has 0 spiro atoms. The minimum absolute atomic E-state index is 0. The van der Waals surface area contributed by atoms with Crippen LogP contribution in [0, 0.1) is 5.41 Å². The lowest BCUT2D eigenvalue weighted by Gasteiger charge is -2.37. The number of hydrogen-bond acceptors (Lipinski definition) is 4. The van der Waals surface area contributed by atoms with Crippen LogP contribution in [0.2, 0.25) is 0 Å². The zero-order valence-electron chi connectivity index (χ0n) is 13.5.